The van der Waals surface area contributed by atoms with E-state index in [1.54, 1.807) is 36.4 Å². The van der Waals surface area contributed by atoms with Crippen molar-refractivity contribution in [1.82, 2.24) is 0 Å². The molecule has 0 atom stereocenters. The van der Waals surface area contributed by atoms with Gasteiger partial charge in [0, 0.05) is 0 Å². The van der Waals surface area contributed by atoms with Gasteiger partial charge in [0.25, 0.3) is 0 Å². The van der Waals surface area contributed by atoms with Gasteiger partial charge in [-0.1, -0.05) is 60.7 Å². The maximum Gasteiger partial charge on any atom is 0.341 e. The summed E-state index contributed by atoms with van der Waals surface area (Å²) in [5.74, 6) is -3.83. The van der Waals surface area contributed by atoms with Gasteiger partial charge >= 0.3 is 5.97 Å². The Labute approximate surface area is 161 Å². The molecular formula is C22H18F2O4. The quantitative estimate of drug-likeness (QED) is 0.543. The van der Waals surface area contributed by atoms with Crippen molar-refractivity contribution in [3.63, 3.8) is 0 Å². The summed E-state index contributed by atoms with van der Waals surface area (Å²) in [6.07, 6.45) is 0. The van der Waals surface area contributed by atoms with E-state index in [4.69, 9.17) is 9.47 Å². The highest BCUT2D eigenvalue weighted by Gasteiger charge is 2.26. The molecule has 0 aromatic heterocycles. The number of hydrogen-bond donors (Lipinski definition) is 0. The Morgan fingerprint density at radius 3 is 1.82 bits per heavy atom. The Morgan fingerprint density at radius 1 is 0.821 bits per heavy atom. The highest BCUT2D eigenvalue weighted by molar-refractivity contribution is 5.90. The minimum atomic E-state index is -1.03. The van der Waals surface area contributed by atoms with Gasteiger partial charge in [-0.05, 0) is 17.2 Å². The molecule has 0 N–H and O–H groups in total. The summed E-state index contributed by atoms with van der Waals surface area (Å²) >= 11 is 0. The second-order valence-corrected chi connectivity index (χ2v) is 5.92. The number of carbonyl (C=O) groups is 1. The van der Waals surface area contributed by atoms with Crippen LogP contribution >= 0.6 is 0 Å². The van der Waals surface area contributed by atoms with Crippen LogP contribution in [-0.4, -0.2) is 13.1 Å². The second-order valence-electron chi connectivity index (χ2n) is 5.92. The lowest BCUT2D eigenvalue weighted by Gasteiger charge is -2.16. The van der Waals surface area contributed by atoms with E-state index in [-0.39, 0.29) is 13.2 Å². The number of carbonyl (C=O) groups excluding carboxylic acids is 1. The fraction of sp³-hybridized carbons (Fsp3) is 0.136. The fourth-order valence-corrected chi connectivity index (χ4v) is 2.57. The van der Waals surface area contributed by atoms with Gasteiger partial charge in [0.15, 0.2) is 11.6 Å². The highest BCUT2D eigenvalue weighted by atomic mass is 19.1. The van der Waals surface area contributed by atoms with Crippen LogP contribution in [0.4, 0.5) is 8.78 Å². The molecule has 0 spiro atoms. The van der Waals surface area contributed by atoms with Gasteiger partial charge in [-0.3, -0.25) is 0 Å². The van der Waals surface area contributed by atoms with Gasteiger partial charge in [-0.15, -0.1) is 0 Å². The van der Waals surface area contributed by atoms with Crippen LogP contribution in [0.5, 0.6) is 11.5 Å². The molecular weight excluding hydrogens is 366 g/mol. The molecule has 4 nitrogen and oxygen atoms in total. The standard InChI is InChI=1S/C22H18F2O4/c1-26-22(25)17-12-18(23)20(27-13-15-8-4-2-5-9-15)21(19(17)24)28-14-16-10-6-3-7-11-16/h2-12H,13-14H2,1H3. The molecule has 28 heavy (non-hydrogen) atoms. The third-order valence-electron chi connectivity index (χ3n) is 3.99. The Balaban J connectivity index is 1.93. The molecule has 0 aliphatic carbocycles. The monoisotopic (exact) mass is 384 g/mol. The molecule has 0 heterocycles. The largest absolute Gasteiger partial charge is 0.482 e. The summed E-state index contributed by atoms with van der Waals surface area (Å²) in [4.78, 5) is 11.8. The molecule has 0 aliphatic rings. The average Bonchev–Trinajstić information content (AvgIpc) is 2.74. The normalized spacial score (nSPS) is 10.4. The van der Waals surface area contributed by atoms with Crippen LogP contribution in [0.3, 0.4) is 0 Å². The Morgan fingerprint density at radius 2 is 1.32 bits per heavy atom. The van der Waals surface area contributed by atoms with E-state index >= 15 is 0 Å². The molecule has 3 aromatic rings. The summed E-state index contributed by atoms with van der Waals surface area (Å²) in [6.45, 7) is -0.0139. The van der Waals surface area contributed by atoms with Gasteiger partial charge in [0.2, 0.25) is 11.5 Å². The molecule has 0 unspecified atom stereocenters. The number of halogens is 2. The first-order valence-electron chi connectivity index (χ1n) is 8.54. The Hall–Kier alpha value is -3.41. The van der Waals surface area contributed by atoms with Gasteiger partial charge in [-0.25, -0.2) is 13.6 Å². The van der Waals surface area contributed by atoms with Crippen molar-refractivity contribution in [2.45, 2.75) is 13.2 Å². The average molecular weight is 384 g/mol. The zero-order chi connectivity index (χ0) is 19.9. The van der Waals surface area contributed by atoms with E-state index in [9.17, 15) is 13.6 Å². The third kappa shape index (κ3) is 4.46. The topological polar surface area (TPSA) is 44.8 Å². The summed E-state index contributed by atoms with van der Waals surface area (Å²) in [6, 6.07) is 18.8. The highest BCUT2D eigenvalue weighted by Crippen LogP contribution is 2.37. The van der Waals surface area contributed by atoms with Gasteiger partial charge in [0.1, 0.15) is 18.8 Å². The van der Waals surface area contributed by atoms with Crippen LogP contribution in [0.2, 0.25) is 0 Å². The molecule has 6 heteroatoms. The van der Waals surface area contributed by atoms with Crippen molar-refractivity contribution < 1.29 is 27.8 Å². The van der Waals surface area contributed by atoms with Gasteiger partial charge < -0.3 is 14.2 Å². The summed E-state index contributed by atoms with van der Waals surface area (Å²) in [5.41, 5.74) is 0.961. The maximum absolute atomic E-state index is 14.9. The van der Waals surface area contributed by atoms with E-state index in [0.29, 0.717) is 0 Å². The van der Waals surface area contributed by atoms with Crippen LogP contribution in [-0.2, 0) is 18.0 Å². The third-order valence-corrected chi connectivity index (χ3v) is 3.99. The van der Waals surface area contributed by atoms with Gasteiger partial charge in [0.05, 0.1) is 7.11 Å². The lowest BCUT2D eigenvalue weighted by atomic mass is 10.1. The van der Waals surface area contributed by atoms with Crippen LogP contribution in [0.1, 0.15) is 21.5 Å². The molecule has 3 rings (SSSR count). The first-order chi connectivity index (χ1) is 13.6. The lowest BCUT2D eigenvalue weighted by molar-refractivity contribution is 0.0593. The Bertz CT molecular complexity index is 944. The SMILES string of the molecule is COC(=O)c1cc(F)c(OCc2ccccc2)c(OCc2ccccc2)c1F. The smallest absolute Gasteiger partial charge is 0.341 e. The molecule has 0 aliphatic heterocycles. The predicted octanol–water partition coefficient (Wildman–Crippen LogP) is 4.91. The van der Waals surface area contributed by atoms with Crippen molar-refractivity contribution in [3.8, 4) is 11.5 Å². The van der Waals surface area contributed by atoms with Crippen molar-refractivity contribution in [2.24, 2.45) is 0 Å². The number of rotatable bonds is 7. The fourth-order valence-electron chi connectivity index (χ4n) is 2.57. The second kappa shape index (κ2) is 8.99. The molecule has 0 radical (unpaired) electrons. The molecule has 0 amide bonds. The number of benzene rings is 3. The zero-order valence-electron chi connectivity index (χ0n) is 15.2. The van der Waals surface area contributed by atoms with E-state index in [1.165, 1.54) is 0 Å². The van der Waals surface area contributed by atoms with Crippen molar-refractivity contribution >= 4 is 5.97 Å². The van der Waals surface area contributed by atoms with Crippen molar-refractivity contribution in [2.75, 3.05) is 7.11 Å². The molecule has 0 saturated heterocycles. The number of hydrogen-bond acceptors (Lipinski definition) is 4. The van der Waals surface area contributed by atoms with Crippen molar-refractivity contribution in [1.29, 1.82) is 0 Å². The molecule has 3 aromatic carbocycles. The number of esters is 1. The molecule has 0 saturated carbocycles. The van der Waals surface area contributed by atoms with E-state index in [2.05, 4.69) is 4.74 Å². The predicted molar refractivity (Wildman–Crippen MR) is 99.2 cm³/mol. The van der Waals surface area contributed by atoms with E-state index in [1.807, 2.05) is 24.3 Å². The van der Waals surface area contributed by atoms with Gasteiger partial charge in [-0.2, -0.15) is 0 Å². The van der Waals surface area contributed by atoms with E-state index < -0.39 is 34.7 Å². The molecule has 144 valence electrons. The van der Waals surface area contributed by atoms with Crippen LogP contribution in [0.15, 0.2) is 66.7 Å². The van der Waals surface area contributed by atoms with Crippen molar-refractivity contribution in [3.05, 3.63) is 95.1 Å². The minimum absolute atomic E-state index is 0.0104. The van der Waals surface area contributed by atoms with Crippen LogP contribution in [0, 0.1) is 11.6 Å². The molecule has 0 bridgehead atoms. The molecule has 0 fully saturated rings. The Kier molecular flexibility index (Phi) is 6.22. The number of ether oxygens (including phenoxy) is 3. The van der Waals surface area contributed by atoms with E-state index in [0.717, 1.165) is 24.3 Å². The zero-order valence-corrected chi connectivity index (χ0v) is 15.2. The first kappa shape index (κ1) is 19.4. The van der Waals surface area contributed by atoms with Crippen LogP contribution in [0.25, 0.3) is 0 Å². The summed E-state index contributed by atoms with van der Waals surface area (Å²) in [5, 5.41) is 0. The number of methoxy groups -OCH3 is 1. The lowest BCUT2D eigenvalue weighted by Crippen LogP contribution is -2.10. The minimum Gasteiger partial charge on any atom is -0.482 e. The summed E-state index contributed by atoms with van der Waals surface area (Å²) < 4.78 is 45.1. The first-order valence-corrected chi connectivity index (χ1v) is 8.54. The maximum atomic E-state index is 14.9. The summed E-state index contributed by atoms with van der Waals surface area (Å²) in [7, 11) is 1.09. The van der Waals surface area contributed by atoms with Crippen LogP contribution < -0.4 is 9.47 Å².